The topological polar surface area (TPSA) is 55.6 Å². The molecule has 92 valence electrons. The Morgan fingerprint density at radius 2 is 2.06 bits per heavy atom. The molecule has 2 rings (SSSR count). The molecule has 1 aliphatic heterocycles. The van der Waals surface area contributed by atoms with E-state index in [1.54, 1.807) is 0 Å². The molecule has 4 heteroatoms. The first-order valence-corrected chi connectivity index (χ1v) is 6.16. The number of hydrogen-bond donors (Lipinski definition) is 1. The lowest BCUT2D eigenvalue weighted by molar-refractivity contribution is -0.142. The largest absolute Gasteiger partial charge is 0.379 e. The number of amides is 1. The fourth-order valence-corrected chi connectivity index (χ4v) is 2.77. The lowest BCUT2D eigenvalue weighted by atomic mass is 9.84. The highest BCUT2D eigenvalue weighted by Crippen LogP contribution is 2.32. The first kappa shape index (κ1) is 11.9. The van der Waals surface area contributed by atoms with E-state index in [4.69, 9.17) is 10.5 Å². The van der Waals surface area contributed by atoms with Crippen LogP contribution in [0.3, 0.4) is 0 Å². The van der Waals surface area contributed by atoms with Crippen LogP contribution in [0, 0.1) is 5.41 Å². The lowest BCUT2D eigenvalue weighted by Gasteiger charge is -2.34. The minimum atomic E-state index is -0.517. The molecule has 4 nitrogen and oxygen atoms in total. The lowest BCUT2D eigenvalue weighted by Crippen LogP contribution is -2.52. The van der Waals surface area contributed by atoms with Crippen LogP contribution < -0.4 is 5.73 Å². The van der Waals surface area contributed by atoms with Crippen molar-refractivity contribution in [3.05, 3.63) is 0 Å². The summed E-state index contributed by atoms with van der Waals surface area (Å²) in [6.07, 6.45) is 4.74. The van der Waals surface area contributed by atoms with E-state index in [0.29, 0.717) is 19.3 Å². The minimum Gasteiger partial charge on any atom is -0.379 e. The summed E-state index contributed by atoms with van der Waals surface area (Å²) in [5, 5.41) is 0. The first-order chi connectivity index (χ1) is 7.55. The van der Waals surface area contributed by atoms with Gasteiger partial charge in [0.05, 0.1) is 18.6 Å². The number of hydrogen-bond acceptors (Lipinski definition) is 3. The SMILES string of the molecule is CN(C(=O)C1(C)COCC1N)C1CCCC1. The van der Waals surface area contributed by atoms with E-state index >= 15 is 0 Å². The fourth-order valence-electron chi connectivity index (χ4n) is 2.77. The van der Waals surface area contributed by atoms with Gasteiger partial charge in [-0.05, 0) is 19.8 Å². The fraction of sp³-hybridized carbons (Fsp3) is 0.917. The molecule has 2 fully saturated rings. The molecule has 0 aromatic heterocycles. The van der Waals surface area contributed by atoms with Crippen molar-refractivity contribution < 1.29 is 9.53 Å². The van der Waals surface area contributed by atoms with Gasteiger partial charge < -0.3 is 15.4 Å². The van der Waals surface area contributed by atoms with Crippen LogP contribution in [-0.2, 0) is 9.53 Å². The van der Waals surface area contributed by atoms with Gasteiger partial charge in [-0.15, -0.1) is 0 Å². The van der Waals surface area contributed by atoms with Crippen LogP contribution in [-0.4, -0.2) is 43.2 Å². The van der Waals surface area contributed by atoms with Crippen molar-refractivity contribution >= 4 is 5.91 Å². The molecule has 1 heterocycles. The molecule has 0 aromatic carbocycles. The minimum absolute atomic E-state index is 0.157. The van der Waals surface area contributed by atoms with Gasteiger partial charge in [0.25, 0.3) is 0 Å². The number of carbonyl (C=O) groups is 1. The van der Waals surface area contributed by atoms with Crippen LogP contribution in [0.2, 0.25) is 0 Å². The summed E-state index contributed by atoms with van der Waals surface area (Å²) >= 11 is 0. The van der Waals surface area contributed by atoms with Crippen molar-refractivity contribution in [2.75, 3.05) is 20.3 Å². The normalized spacial score (nSPS) is 35.6. The third-order valence-corrected chi connectivity index (χ3v) is 4.20. The van der Waals surface area contributed by atoms with Gasteiger partial charge >= 0.3 is 0 Å². The smallest absolute Gasteiger partial charge is 0.232 e. The zero-order valence-corrected chi connectivity index (χ0v) is 10.2. The summed E-state index contributed by atoms with van der Waals surface area (Å²) in [7, 11) is 1.91. The monoisotopic (exact) mass is 226 g/mol. The maximum atomic E-state index is 12.4. The Morgan fingerprint density at radius 3 is 2.56 bits per heavy atom. The van der Waals surface area contributed by atoms with Gasteiger partial charge in [0.15, 0.2) is 0 Å². The summed E-state index contributed by atoms with van der Waals surface area (Å²) in [6.45, 7) is 2.89. The van der Waals surface area contributed by atoms with Crippen LogP contribution >= 0.6 is 0 Å². The summed E-state index contributed by atoms with van der Waals surface area (Å²) in [5.41, 5.74) is 5.46. The zero-order valence-electron chi connectivity index (χ0n) is 10.2. The van der Waals surface area contributed by atoms with E-state index in [1.807, 2.05) is 18.9 Å². The van der Waals surface area contributed by atoms with Crippen LogP contribution in [0.5, 0.6) is 0 Å². The average molecular weight is 226 g/mol. The average Bonchev–Trinajstić information content (AvgIpc) is 2.88. The van der Waals surface area contributed by atoms with Gasteiger partial charge in [-0.3, -0.25) is 4.79 Å². The predicted molar refractivity (Wildman–Crippen MR) is 61.9 cm³/mol. The molecule has 1 amide bonds. The molecule has 0 aromatic rings. The highest BCUT2D eigenvalue weighted by atomic mass is 16.5. The van der Waals surface area contributed by atoms with Gasteiger partial charge in [-0.1, -0.05) is 12.8 Å². The van der Waals surface area contributed by atoms with Crippen molar-refractivity contribution in [1.29, 1.82) is 0 Å². The highest BCUT2D eigenvalue weighted by Gasteiger charge is 2.46. The van der Waals surface area contributed by atoms with Crippen LogP contribution in [0.15, 0.2) is 0 Å². The van der Waals surface area contributed by atoms with Gasteiger partial charge in [0, 0.05) is 19.1 Å². The number of rotatable bonds is 2. The molecule has 2 atom stereocenters. The van der Waals surface area contributed by atoms with Crippen molar-refractivity contribution in [1.82, 2.24) is 4.90 Å². The van der Waals surface area contributed by atoms with Gasteiger partial charge in [-0.25, -0.2) is 0 Å². The second-order valence-corrected chi connectivity index (χ2v) is 5.39. The van der Waals surface area contributed by atoms with Gasteiger partial charge in [-0.2, -0.15) is 0 Å². The first-order valence-electron chi connectivity index (χ1n) is 6.16. The Bertz CT molecular complexity index is 276. The van der Waals surface area contributed by atoms with E-state index in [9.17, 15) is 4.79 Å². The van der Waals surface area contributed by atoms with Gasteiger partial charge in [0.2, 0.25) is 5.91 Å². The van der Waals surface area contributed by atoms with Crippen LogP contribution in [0.25, 0.3) is 0 Å². The molecule has 0 bridgehead atoms. The number of ether oxygens (including phenoxy) is 1. The summed E-state index contributed by atoms with van der Waals surface area (Å²) in [6, 6.07) is 0.251. The zero-order chi connectivity index (χ0) is 11.8. The van der Waals surface area contributed by atoms with E-state index < -0.39 is 5.41 Å². The molecule has 2 unspecified atom stereocenters. The Balaban J connectivity index is 2.05. The molecule has 0 spiro atoms. The maximum Gasteiger partial charge on any atom is 0.232 e. The Morgan fingerprint density at radius 1 is 1.44 bits per heavy atom. The standard InChI is InChI=1S/C12H22N2O2/c1-12(8-16-7-10(12)13)11(15)14(2)9-5-3-4-6-9/h9-10H,3-8,13H2,1-2H3. The summed E-state index contributed by atoms with van der Waals surface area (Å²) < 4.78 is 5.33. The van der Waals surface area contributed by atoms with E-state index in [0.717, 1.165) is 12.8 Å². The maximum absolute atomic E-state index is 12.4. The molecule has 2 aliphatic rings. The van der Waals surface area contributed by atoms with E-state index in [2.05, 4.69) is 0 Å². The summed E-state index contributed by atoms with van der Waals surface area (Å²) in [4.78, 5) is 14.3. The van der Waals surface area contributed by atoms with Crippen molar-refractivity contribution in [2.45, 2.75) is 44.7 Å². The summed E-state index contributed by atoms with van der Waals surface area (Å²) in [5.74, 6) is 0.157. The molecular weight excluding hydrogens is 204 g/mol. The number of nitrogens with zero attached hydrogens (tertiary/aromatic N) is 1. The molecule has 1 saturated heterocycles. The van der Waals surface area contributed by atoms with Crippen LogP contribution in [0.1, 0.15) is 32.6 Å². The van der Waals surface area contributed by atoms with Crippen molar-refractivity contribution in [2.24, 2.45) is 11.1 Å². The third-order valence-electron chi connectivity index (χ3n) is 4.20. The Labute approximate surface area is 97.1 Å². The van der Waals surface area contributed by atoms with E-state index in [1.165, 1.54) is 12.8 Å². The Kier molecular flexibility index (Phi) is 3.22. The van der Waals surface area contributed by atoms with Crippen molar-refractivity contribution in [3.63, 3.8) is 0 Å². The Hall–Kier alpha value is -0.610. The molecule has 0 radical (unpaired) electrons. The van der Waals surface area contributed by atoms with Crippen LogP contribution in [0.4, 0.5) is 0 Å². The molecular formula is C12H22N2O2. The van der Waals surface area contributed by atoms with E-state index in [-0.39, 0.29) is 11.9 Å². The highest BCUT2D eigenvalue weighted by molar-refractivity contribution is 5.83. The molecule has 1 aliphatic carbocycles. The number of carbonyl (C=O) groups excluding carboxylic acids is 1. The second kappa shape index (κ2) is 4.34. The third kappa shape index (κ3) is 1.84. The molecule has 1 saturated carbocycles. The predicted octanol–water partition coefficient (Wildman–Crippen LogP) is 0.751. The number of nitrogens with two attached hydrogens (primary N) is 1. The van der Waals surface area contributed by atoms with Crippen molar-refractivity contribution in [3.8, 4) is 0 Å². The quantitative estimate of drug-likeness (QED) is 0.756. The molecule has 16 heavy (non-hydrogen) atoms. The second-order valence-electron chi connectivity index (χ2n) is 5.39. The molecule has 2 N–H and O–H groups in total. The van der Waals surface area contributed by atoms with Gasteiger partial charge in [0.1, 0.15) is 0 Å².